The first-order valence-electron chi connectivity index (χ1n) is 6.56. The van der Waals surface area contributed by atoms with E-state index in [-0.39, 0.29) is 6.42 Å². The highest BCUT2D eigenvalue weighted by atomic mass is 16.5. The van der Waals surface area contributed by atoms with Gasteiger partial charge in [-0.3, -0.25) is 9.59 Å². The second-order valence-corrected chi connectivity index (χ2v) is 4.38. The number of benzene rings is 1. The number of amides is 1. The van der Waals surface area contributed by atoms with Crippen molar-refractivity contribution in [2.75, 3.05) is 14.2 Å². The summed E-state index contributed by atoms with van der Waals surface area (Å²) in [6, 6.07) is 5.98. The van der Waals surface area contributed by atoms with Gasteiger partial charge in [-0.2, -0.15) is 0 Å². The van der Waals surface area contributed by atoms with Crippen molar-refractivity contribution in [1.82, 2.24) is 5.32 Å². The molecule has 0 saturated carbocycles. The maximum Gasteiger partial charge on any atom is 0.328 e. The van der Waals surface area contributed by atoms with Crippen LogP contribution in [-0.4, -0.2) is 38.1 Å². The largest absolute Gasteiger partial charge is 0.469 e. The third-order valence-electron chi connectivity index (χ3n) is 2.99. The van der Waals surface area contributed by atoms with E-state index in [1.807, 2.05) is 13.0 Å². The molecule has 0 aromatic heterocycles. The summed E-state index contributed by atoms with van der Waals surface area (Å²) < 4.78 is 9.08. The summed E-state index contributed by atoms with van der Waals surface area (Å²) in [5.41, 5.74) is 1.43. The summed E-state index contributed by atoms with van der Waals surface area (Å²) in [5, 5.41) is 2.49. The molecule has 1 aromatic rings. The molecule has 114 valence electrons. The predicted octanol–water partition coefficient (Wildman–Crippen LogP) is 1.08. The summed E-state index contributed by atoms with van der Waals surface area (Å²) in [5.74, 6) is -1.74. The summed E-state index contributed by atoms with van der Waals surface area (Å²) in [6.07, 6.45) is 0.520. The van der Waals surface area contributed by atoms with Crippen LogP contribution < -0.4 is 5.32 Å². The molecule has 0 heterocycles. The Morgan fingerprint density at radius 3 is 2.48 bits per heavy atom. The second-order valence-electron chi connectivity index (χ2n) is 4.38. The third-order valence-corrected chi connectivity index (χ3v) is 2.99. The molecule has 1 N–H and O–H groups in total. The molecule has 6 heteroatoms. The maximum atomic E-state index is 12.1. The van der Waals surface area contributed by atoms with Crippen molar-refractivity contribution in [1.29, 1.82) is 0 Å². The number of nitrogens with one attached hydrogen (secondary N) is 1. The lowest BCUT2D eigenvalue weighted by Gasteiger charge is -2.15. The third kappa shape index (κ3) is 4.91. The molecule has 6 nitrogen and oxygen atoms in total. The fraction of sp³-hybridized carbons (Fsp3) is 0.400. The van der Waals surface area contributed by atoms with E-state index in [2.05, 4.69) is 14.8 Å². The summed E-state index contributed by atoms with van der Waals surface area (Å²) in [7, 11) is 2.40. The van der Waals surface area contributed by atoms with Gasteiger partial charge >= 0.3 is 11.9 Å². The van der Waals surface area contributed by atoms with Crippen molar-refractivity contribution in [3.05, 3.63) is 35.4 Å². The summed E-state index contributed by atoms with van der Waals surface area (Å²) in [4.78, 5) is 35.0. The molecule has 0 spiro atoms. The molecule has 0 saturated heterocycles. The van der Waals surface area contributed by atoms with Crippen molar-refractivity contribution in [2.24, 2.45) is 0 Å². The van der Waals surface area contributed by atoms with E-state index < -0.39 is 23.9 Å². The molecule has 1 aromatic carbocycles. The van der Waals surface area contributed by atoms with Gasteiger partial charge < -0.3 is 14.8 Å². The Labute approximate surface area is 123 Å². The SMILES string of the molecule is CCc1cccc(C(=O)N[C@H](CC(=O)OC)C(=O)OC)c1. The molecule has 0 aliphatic rings. The Kier molecular flexibility index (Phi) is 6.39. The highest BCUT2D eigenvalue weighted by Gasteiger charge is 2.25. The van der Waals surface area contributed by atoms with Crippen molar-refractivity contribution in [2.45, 2.75) is 25.8 Å². The number of hydrogen-bond acceptors (Lipinski definition) is 5. The number of hydrogen-bond donors (Lipinski definition) is 1. The van der Waals surface area contributed by atoms with Crippen molar-refractivity contribution >= 4 is 17.8 Å². The smallest absolute Gasteiger partial charge is 0.328 e. The van der Waals surface area contributed by atoms with Gasteiger partial charge in [-0.05, 0) is 24.1 Å². The Morgan fingerprint density at radius 1 is 1.19 bits per heavy atom. The first-order valence-corrected chi connectivity index (χ1v) is 6.56. The van der Waals surface area contributed by atoms with E-state index in [0.717, 1.165) is 12.0 Å². The van der Waals surface area contributed by atoms with Crippen molar-refractivity contribution in [3.8, 4) is 0 Å². The van der Waals surface area contributed by atoms with Gasteiger partial charge in [0.25, 0.3) is 5.91 Å². The van der Waals surface area contributed by atoms with Crippen LogP contribution in [0.4, 0.5) is 0 Å². The minimum atomic E-state index is -1.07. The van der Waals surface area contributed by atoms with E-state index in [1.165, 1.54) is 14.2 Å². The van der Waals surface area contributed by atoms with Crippen LogP contribution in [0.1, 0.15) is 29.3 Å². The normalized spacial score (nSPS) is 11.4. The topological polar surface area (TPSA) is 81.7 Å². The predicted molar refractivity (Wildman–Crippen MR) is 75.7 cm³/mol. The van der Waals surface area contributed by atoms with Crippen LogP contribution in [0.2, 0.25) is 0 Å². The van der Waals surface area contributed by atoms with Gasteiger partial charge in [0.2, 0.25) is 0 Å². The number of rotatable bonds is 6. The zero-order valence-electron chi connectivity index (χ0n) is 12.3. The maximum absolute atomic E-state index is 12.1. The van der Waals surface area contributed by atoms with E-state index in [1.54, 1.807) is 18.2 Å². The van der Waals surface area contributed by atoms with Crippen molar-refractivity contribution in [3.63, 3.8) is 0 Å². The van der Waals surface area contributed by atoms with Gasteiger partial charge in [0, 0.05) is 5.56 Å². The Balaban J connectivity index is 2.83. The Morgan fingerprint density at radius 2 is 1.90 bits per heavy atom. The van der Waals surface area contributed by atoms with Gasteiger partial charge in [-0.15, -0.1) is 0 Å². The van der Waals surface area contributed by atoms with Gasteiger partial charge in [0.1, 0.15) is 6.04 Å². The molecular formula is C15H19NO5. The first-order chi connectivity index (χ1) is 10.0. The average molecular weight is 293 g/mol. The van der Waals surface area contributed by atoms with Crippen LogP contribution in [0.25, 0.3) is 0 Å². The number of esters is 2. The lowest BCUT2D eigenvalue weighted by atomic mass is 10.1. The van der Waals surface area contributed by atoms with E-state index >= 15 is 0 Å². The number of ether oxygens (including phenoxy) is 2. The van der Waals surface area contributed by atoms with E-state index in [0.29, 0.717) is 5.56 Å². The van der Waals surface area contributed by atoms with Crippen LogP contribution in [0.5, 0.6) is 0 Å². The van der Waals surface area contributed by atoms with Crippen LogP contribution in [0.15, 0.2) is 24.3 Å². The average Bonchev–Trinajstić information content (AvgIpc) is 2.53. The fourth-order valence-corrected chi connectivity index (χ4v) is 1.76. The highest BCUT2D eigenvalue weighted by Crippen LogP contribution is 2.07. The van der Waals surface area contributed by atoms with Crippen LogP contribution in [0, 0.1) is 0 Å². The number of carbonyl (C=O) groups excluding carboxylic acids is 3. The summed E-state index contributed by atoms with van der Waals surface area (Å²) >= 11 is 0. The van der Waals surface area contributed by atoms with Crippen molar-refractivity contribution < 1.29 is 23.9 Å². The minimum absolute atomic E-state index is 0.275. The van der Waals surface area contributed by atoms with Gasteiger partial charge in [0.05, 0.1) is 20.6 Å². The molecule has 1 rings (SSSR count). The molecule has 0 radical (unpaired) electrons. The molecule has 21 heavy (non-hydrogen) atoms. The zero-order chi connectivity index (χ0) is 15.8. The van der Waals surface area contributed by atoms with Gasteiger partial charge in [-0.1, -0.05) is 19.1 Å². The fourth-order valence-electron chi connectivity index (χ4n) is 1.76. The number of carbonyl (C=O) groups is 3. The van der Waals surface area contributed by atoms with Crippen LogP contribution in [0.3, 0.4) is 0 Å². The van der Waals surface area contributed by atoms with Crippen LogP contribution >= 0.6 is 0 Å². The molecule has 0 aliphatic carbocycles. The quantitative estimate of drug-likeness (QED) is 0.794. The molecule has 1 atom stereocenters. The lowest BCUT2D eigenvalue weighted by Crippen LogP contribution is -2.43. The second kappa shape index (κ2) is 8.04. The van der Waals surface area contributed by atoms with E-state index in [4.69, 9.17) is 0 Å². The minimum Gasteiger partial charge on any atom is -0.469 e. The van der Waals surface area contributed by atoms with Gasteiger partial charge in [0.15, 0.2) is 0 Å². The standard InChI is InChI=1S/C15H19NO5/c1-4-10-6-5-7-11(8-10)14(18)16-12(15(19)21-3)9-13(17)20-2/h5-8,12H,4,9H2,1-3H3,(H,16,18)/t12-/m1/s1. The molecule has 1 amide bonds. The molecule has 0 aliphatic heterocycles. The lowest BCUT2D eigenvalue weighted by molar-refractivity contribution is -0.149. The molecular weight excluding hydrogens is 274 g/mol. The zero-order valence-corrected chi connectivity index (χ0v) is 12.3. The van der Waals surface area contributed by atoms with Crippen LogP contribution in [-0.2, 0) is 25.5 Å². The molecule has 0 unspecified atom stereocenters. The Hall–Kier alpha value is -2.37. The first kappa shape index (κ1) is 16.7. The van der Waals surface area contributed by atoms with E-state index in [9.17, 15) is 14.4 Å². The highest BCUT2D eigenvalue weighted by molar-refractivity contribution is 5.97. The monoisotopic (exact) mass is 293 g/mol. The summed E-state index contributed by atoms with van der Waals surface area (Å²) in [6.45, 7) is 1.98. The molecule has 0 fully saturated rings. The Bertz CT molecular complexity index is 527. The number of aryl methyl sites for hydroxylation is 1. The number of methoxy groups -OCH3 is 2. The van der Waals surface area contributed by atoms with Gasteiger partial charge in [-0.25, -0.2) is 4.79 Å². The molecule has 0 bridgehead atoms.